The topological polar surface area (TPSA) is 167 Å². The van der Waals surface area contributed by atoms with E-state index in [1.807, 2.05) is 79.7 Å². The third-order valence-corrected chi connectivity index (χ3v) is 15.1. The highest BCUT2D eigenvalue weighted by atomic mass is 35.5. The molecular formula is C62H76Cl2N2O14. The Morgan fingerprint density at radius 3 is 1.12 bits per heavy atom. The van der Waals surface area contributed by atoms with Crippen molar-refractivity contribution >= 4 is 89.9 Å². The van der Waals surface area contributed by atoms with E-state index in [4.69, 9.17) is 70.6 Å². The number of halogens is 2. The Morgan fingerprint density at radius 1 is 0.412 bits per heavy atom. The molecular weight excluding hydrogens is 1070 g/mol. The van der Waals surface area contributed by atoms with E-state index < -0.39 is 17.9 Å². The molecule has 0 spiro atoms. The minimum Gasteiger partial charge on any atom is -0.382 e. The van der Waals surface area contributed by atoms with Gasteiger partial charge < -0.3 is 47.4 Å². The Kier molecular flexibility index (Phi) is 21.3. The number of imide groups is 2. The number of hydrogen-bond acceptors (Lipinski definition) is 14. The van der Waals surface area contributed by atoms with Gasteiger partial charge in [0.2, 0.25) is 0 Å². The van der Waals surface area contributed by atoms with E-state index in [-0.39, 0.29) is 80.4 Å². The van der Waals surface area contributed by atoms with Crippen LogP contribution in [0.4, 0.5) is 0 Å². The fourth-order valence-corrected chi connectivity index (χ4v) is 10.7. The molecule has 16 nitrogen and oxygen atoms in total. The van der Waals surface area contributed by atoms with Gasteiger partial charge >= 0.3 is 0 Å². The molecule has 9 unspecified atom stereocenters. The Hall–Kier alpha value is -4.92. The molecule has 4 amide bonds. The average molecular weight is 1140 g/mol. The highest BCUT2D eigenvalue weighted by Gasteiger charge is 2.39. The van der Waals surface area contributed by atoms with Crippen LogP contribution in [0.3, 0.4) is 0 Å². The summed E-state index contributed by atoms with van der Waals surface area (Å²) in [4.78, 5) is 59.5. The van der Waals surface area contributed by atoms with Gasteiger partial charge in [0.15, 0.2) is 0 Å². The summed E-state index contributed by atoms with van der Waals surface area (Å²) >= 11 is 12.5. The van der Waals surface area contributed by atoms with Crippen LogP contribution in [0, 0.1) is 0 Å². The van der Waals surface area contributed by atoms with Crippen molar-refractivity contribution in [1.82, 2.24) is 9.80 Å². The first-order valence-electron chi connectivity index (χ1n) is 27.7. The molecule has 2 aliphatic heterocycles. The first-order chi connectivity index (χ1) is 38.4. The summed E-state index contributed by atoms with van der Waals surface area (Å²) < 4.78 is 58.5. The highest BCUT2D eigenvalue weighted by Crippen LogP contribution is 2.46. The molecule has 0 bridgehead atoms. The van der Waals surface area contributed by atoms with Gasteiger partial charge in [-0.1, -0.05) is 53.5 Å². The third-order valence-electron chi connectivity index (χ3n) is 14.5. The molecule has 2 aliphatic rings. The molecule has 6 aromatic carbocycles. The lowest BCUT2D eigenvalue weighted by Gasteiger charge is -2.33. The fraction of sp³-hybridized carbons (Fsp3) is 0.516. The Bertz CT molecular complexity index is 3020. The molecule has 0 fully saturated rings. The fourth-order valence-electron chi connectivity index (χ4n) is 10.1. The van der Waals surface area contributed by atoms with Crippen LogP contribution in [-0.4, -0.2) is 175 Å². The van der Waals surface area contributed by atoms with Crippen molar-refractivity contribution in [2.75, 3.05) is 86.3 Å². The summed E-state index contributed by atoms with van der Waals surface area (Å²) in [6, 6.07) is 19.3. The highest BCUT2D eigenvalue weighted by molar-refractivity contribution is 6.41. The summed E-state index contributed by atoms with van der Waals surface area (Å²) in [6.07, 6.45) is -0.900. The molecule has 432 valence electrons. The molecule has 9 atom stereocenters. The number of ether oxygens (including phenoxy) is 10. The molecule has 0 N–H and O–H groups in total. The summed E-state index contributed by atoms with van der Waals surface area (Å²) in [5.41, 5.74) is 2.47. The maximum Gasteiger partial charge on any atom is 0.261 e. The Labute approximate surface area is 478 Å². The van der Waals surface area contributed by atoms with Gasteiger partial charge in [0.05, 0.1) is 128 Å². The molecule has 0 saturated heterocycles. The number of benzene rings is 6. The van der Waals surface area contributed by atoms with Gasteiger partial charge in [-0.3, -0.25) is 29.0 Å². The number of rotatable bonds is 33. The molecule has 0 aliphatic carbocycles. The molecule has 6 aromatic rings. The van der Waals surface area contributed by atoms with Crippen molar-refractivity contribution in [3.8, 4) is 0 Å². The summed E-state index contributed by atoms with van der Waals surface area (Å²) in [6.45, 7) is 22.0. The van der Waals surface area contributed by atoms with E-state index in [0.29, 0.717) is 109 Å². The quantitative estimate of drug-likeness (QED) is 0.0165. The molecule has 0 saturated carbocycles. The smallest absolute Gasteiger partial charge is 0.261 e. The first kappa shape index (κ1) is 61.2. The molecule has 0 aromatic heterocycles. The van der Waals surface area contributed by atoms with Crippen LogP contribution in [0.1, 0.15) is 109 Å². The van der Waals surface area contributed by atoms with Crippen LogP contribution in [0.5, 0.6) is 0 Å². The zero-order chi connectivity index (χ0) is 57.4. The normalized spacial score (nSPS) is 17.2. The van der Waals surface area contributed by atoms with Crippen molar-refractivity contribution < 1.29 is 66.5 Å². The maximum absolute atomic E-state index is 14.4. The van der Waals surface area contributed by atoms with Crippen LogP contribution in [-0.2, 0) is 53.8 Å². The van der Waals surface area contributed by atoms with Crippen molar-refractivity contribution in [2.24, 2.45) is 0 Å². The molecule has 18 heteroatoms. The lowest BCUT2D eigenvalue weighted by molar-refractivity contribution is -0.110. The number of methoxy groups -OCH3 is 1. The van der Waals surface area contributed by atoms with Gasteiger partial charge in [-0.15, -0.1) is 0 Å². The number of amides is 4. The van der Waals surface area contributed by atoms with Gasteiger partial charge in [0.25, 0.3) is 23.6 Å². The van der Waals surface area contributed by atoms with E-state index in [1.54, 1.807) is 56.5 Å². The van der Waals surface area contributed by atoms with Crippen LogP contribution < -0.4 is 0 Å². The van der Waals surface area contributed by atoms with E-state index in [1.165, 1.54) is 9.80 Å². The minimum absolute atomic E-state index is 0.0354. The predicted molar refractivity (Wildman–Crippen MR) is 309 cm³/mol. The monoisotopic (exact) mass is 1140 g/mol. The molecule has 80 heavy (non-hydrogen) atoms. The van der Waals surface area contributed by atoms with Crippen molar-refractivity contribution in [3.05, 3.63) is 105 Å². The number of nitrogens with zero attached hydrogens (tertiary/aromatic N) is 2. The summed E-state index contributed by atoms with van der Waals surface area (Å²) in [7, 11) is 1.64. The standard InChI is InChI=1S/C62H76Cl2N2O14/c1-35(26-73-37(3)28-75-39(5)30-77-41(7)32-79-43(9)34-80-42(8)33-78-40(6)31-76-38(4)29-74-36(2)27-72-24-23-71-10)66-61(69)52-19-15-48-46-13-17-50-57-51(60(68)65(59(50)67)22-21-44-11-12-45(63)25-54(44)64)18-14-47(55(46)57)49-16-20-53(62(66)70)58(52)56(48)49/h11-20,25,35-43H,21-24,26-34H2,1-10H3. The van der Waals surface area contributed by atoms with E-state index >= 15 is 0 Å². The summed E-state index contributed by atoms with van der Waals surface area (Å²) in [5, 5.41) is 6.98. The second-order valence-corrected chi connectivity index (χ2v) is 22.3. The van der Waals surface area contributed by atoms with E-state index in [9.17, 15) is 19.2 Å². The molecule has 0 radical (unpaired) electrons. The van der Waals surface area contributed by atoms with Crippen LogP contribution >= 0.6 is 23.2 Å². The summed E-state index contributed by atoms with van der Waals surface area (Å²) in [5.74, 6) is -1.58. The Balaban J connectivity index is 0.764. The largest absolute Gasteiger partial charge is 0.382 e. The van der Waals surface area contributed by atoms with Gasteiger partial charge in [0.1, 0.15) is 0 Å². The number of hydrogen-bond donors (Lipinski definition) is 0. The Morgan fingerprint density at radius 2 is 0.762 bits per heavy atom. The van der Waals surface area contributed by atoms with Gasteiger partial charge in [-0.2, -0.15) is 0 Å². The van der Waals surface area contributed by atoms with Crippen LogP contribution in [0.15, 0.2) is 66.7 Å². The molecule has 2 heterocycles. The van der Waals surface area contributed by atoms with E-state index in [2.05, 4.69) is 0 Å². The number of carbonyl (C=O) groups excluding carboxylic acids is 4. The minimum atomic E-state index is -0.587. The average Bonchev–Trinajstić information content (AvgIpc) is 3.21. The lowest BCUT2D eigenvalue weighted by Crippen LogP contribution is -2.48. The van der Waals surface area contributed by atoms with Gasteiger partial charge in [-0.25, -0.2) is 0 Å². The molecule has 8 rings (SSSR count). The SMILES string of the molecule is COCCOCC(C)OCC(C)OCC(C)OCC(C)OCC(C)OCC(C)OCC(C)OCC(C)OCC(C)N1C(=O)c2ccc3c4ccc5c6c(ccc(c7ccc(c2c37)C1=O)c64)C(=O)N(CCc1ccc(Cl)cc1Cl)C5=O. The zero-order valence-corrected chi connectivity index (χ0v) is 49.1. The van der Waals surface area contributed by atoms with Gasteiger partial charge in [0, 0.05) is 56.7 Å². The maximum atomic E-state index is 14.4. The second kappa shape index (κ2) is 27.9. The lowest BCUT2D eigenvalue weighted by atomic mass is 9.82. The van der Waals surface area contributed by atoms with Crippen molar-refractivity contribution in [3.63, 3.8) is 0 Å². The zero-order valence-electron chi connectivity index (χ0n) is 47.6. The van der Waals surface area contributed by atoms with E-state index in [0.717, 1.165) is 37.9 Å². The number of carbonyl (C=O) groups is 4. The van der Waals surface area contributed by atoms with Gasteiger partial charge in [-0.05, 0) is 143 Å². The van der Waals surface area contributed by atoms with Crippen LogP contribution in [0.2, 0.25) is 10.0 Å². The van der Waals surface area contributed by atoms with Crippen molar-refractivity contribution in [2.45, 2.75) is 124 Å². The second-order valence-electron chi connectivity index (χ2n) is 21.4. The van der Waals surface area contributed by atoms with Crippen molar-refractivity contribution in [1.29, 1.82) is 0 Å². The number of fused-ring (bicyclic) bond motifs is 2. The third kappa shape index (κ3) is 14.3. The first-order valence-corrected chi connectivity index (χ1v) is 28.5. The predicted octanol–water partition coefficient (Wildman–Crippen LogP) is 10.8. The van der Waals surface area contributed by atoms with Crippen LogP contribution in [0.25, 0.3) is 43.1 Å².